The number of carbonyl (C=O) groups is 1. The highest BCUT2D eigenvalue weighted by molar-refractivity contribution is 5.88. The Morgan fingerprint density at radius 1 is 1.40 bits per heavy atom. The van der Waals surface area contributed by atoms with Crippen LogP contribution in [0.3, 0.4) is 0 Å². The van der Waals surface area contributed by atoms with Crippen LogP contribution in [0.5, 0.6) is 0 Å². The number of benzene rings is 1. The van der Waals surface area contributed by atoms with Crippen molar-refractivity contribution < 1.29 is 9.90 Å². The van der Waals surface area contributed by atoms with Gasteiger partial charge in [0.1, 0.15) is 0 Å². The second kappa shape index (κ2) is 5.00. The van der Waals surface area contributed by atoms with Crippen molar-refractivity contribution in [2.24, 2.45) is 7.05 Å². The molecule has 0 atom stereocenters. The smallest absolute Gasteiger partial charge is 0.335 e. The second-order valence-electron chi connectivity index (χ2n) is 5.15. The van der Waals surface area contributed by atoms with Gasteiger partial charge in [-0.1, -0.05) is 0 Å². The van der Waals surface area contributed by atoms with Crippen molar-refractivity contribution in [1.29, 1.82) is 0 Å². The Labute approximate surface area is 117 Å². The summed E-state index contributed by atoms with van der Waals surface area (Å²) in [5.74, 6) is -0.866. The molecule has 1 N–H and O–H groups in total. The molecular formula is C15H17N3O2. The minimum Gasteiger partial charge on any atom is -0.478 e. The van der Waals surface area contributed by atoms with E-state index in [4.69, 9.17) is 5.11 Å². The molecule has 0 aliphatic carbocycles. The average Bonchev–Trinajstić information content (AvgIpc) is 2.84. The lowest BCUT2D eigenvalue weighted by Crippen LogP contribution is -2.29. The highest BCUT2D eigenvalue weighted by Gasteiger charge is 2.19. The van der Waals surface area contributed by atoms with Gasteiger partial charge in [-0.15, -0.1) is 0 Å². The summed E-state index contributed by atoms with van der Waals surface area (Å²) in [6, 6.07) is 7.40. The molecule has 1 aliphatic rings. The van der Waals surface area contributed by atoms with E-state index in [1.165, 1.54) is 0 Å². The van der Waals surface area contributed by atoms with Gasteiger partial charge in [0.05, 0.1) is 17.8 Å². The molecule has 0 spiro atoms. The van der Waals surface area contributed by atoms with Gasteiger partial charge in [0.25, 0.3) is 0 Å². The first-order valence-corrected chi connectivity index (χ1v) is 6.73. The number of carboxylic acids is 1. The standard InChI is InChI=1S/C15H17N3O2/c1-17-8-6-13(16-17)10-18-7-2-3-11-9-12(15(19)20)4-5-14(11)18/h4-6,8-9H,2-3,7,10H2,1H3,(H,19,20). The van der Waals surface area contributed by atoms with Crippen LogP contribution >= 0.6 is 0 Å². The monoisotopic (exact) mass is 271 g/mol. The van der Waals surface area contributed by atoms with Crippen molar-refractivity contribution in [2.45, 2.75) is 19.4 Å². The van der Waals surface area contributed by atoms with E-state index in [0.717, 1.165) is 42.9 Å². The summed E-state index contributed by atoms with van der Waals surface area (Å²) in [6.45, 7) is 1.75. The highest BCUT2D eigenvalue weighted by atomic mass is 16.4. The number of aryl methyl sites for hydroxylation is 2. The van der Waals surface area contributed by atoms with Crippen LogP contribution in [-0.2, 0) is 20.0 Å². The fourth-order valence-electron chi connectivity index (χ4n) is 2.72. The zero-order valence-electron chi connectivity index (χ0n) is 11.4. The Hall–Kier alpha value is -2.30. The molecule has 0 fully saturated rings. The summed E-state index contributed by atoms with van der Waals surface area (Å²) in [4.78, 5) is 13.3. The van der Waals surface area contributed by atoms with E-state index in [-0.39, 0.29) is 0 Å². The Bertz CT molecular complexity index is 648. The van der Waals surface area contributed by atoms with Crippen LogP contribution in [0, 0.1) is 0 Å². The number of aromatic carboxylic acids is 1. The average molecular weight is 271 g/mol. The van der Waals surface area contributed by atoms with Crippen molar-refractivity contribution in [3.05, 3.63) is 47.3 Å². The summed E-state index contributed by atoms with van der Waals surface area (Å²) in [7, 11) is 1.91. The van der Waals surface area contributed by atoms with E-state index < -0.39 is 5.97 Å². The van der Waals surface area contributed by atoms with Crippen molar-refractivity contribution in [2.75, 3.05) is 11.4 Å². The van der Waals surface area contributed by atoms with Gasteiger partial charge in [-0.2, -0.15) is 5.10 Å². The second-order valence-corrected chi connectivity index (χ2v) is 5.15. The quantitative estimate of drug-likeness (QED) is 0.928. The topological polar surface area (TPSA) is 58.4 Å². The lowest BCUT2D eigenvalue weighted by molar-refractivity contribution is 0.0697. The number of carboxylic acid groups (broad SMARTS) is 1. The third kappa shape index (κ3) is 2.39. The van der Waals surface area contributed by atoms with E-state index in [0.29, 0.717) is 5.56 Å². The maximum absolute atomic E-state index is 11.0. The zero-order valence-corrected chi connectivity index (χ0v) is 11.4. The molecule has 0 saturated carbocycles. The first kappa shape index (κ1) is 12.7. The van der Waals surface area contributed by atoms with E-state index in [2.05, 4.69) is 10.00 Å². The first-order valence-electron chi connectivity index (χ1n) is 6.73. The molecule has 2 aromatic rings. The molecule has 5 heteroatoms. The van der Waals surface area contributed by atoms with E-state index in [9.17, 15) is 4.79 Å². The summed E-state index contributed by atoms with van der Waals surface area (Å²) < 4.78 is 1.80. The lowest BCUT2D eigenvalue weighted by atomic mass is 9.99. The summed E-state index contributed by atoms with van der Waals surface area (Å²) in [5, 5.41) is 13.5. The Morgan fingerprint density at radius 3 is 2.95 bits per heavy atom. The van der Waals surface area contributed by atoms with Gasteiger partial charge in [-0.25, -0.2) is 4.79 Å². The zero-order chi connectivity index (χ0) is 14.1. The number of fused-ring (bicyclic) bond motifs is 1. The number of anilines is 1. The SMILES string of the molecule is Cn1ccc(CN2CCCc3cc(C(=O)O)ccc32)n1. The van der Waals surface area contributed by atoms with Gasteiger partial charge < -0.3 is 10.0 Å². The Morgan fingerprint density at radius 2 is 2.25 bits per heavy atom. The molecule has 0 bridgehead atoms. The molecule has 1 aromatic carbocycles. The first-order chi connectivity index (χ1) is 9.63. The van der Waals surface area contributed by atoms with Gasteiger partial charge in [0.15, 0.2) is 0 Å². The molecule has 2 heterocycles. The van der Waals surface area contributed by atoms with Gasteiger partial charge in [-0.3, -0.25) is 4.68 Å². The molecule has 104 valence electrons. The van der Waals surface area contributed by atoms with E-state index in [1.807, 2.05) is 25.4 Å². The number of rotatable bonds is 3. The predicted octanol–water partition coefficient (Wildman–Crippen LogP) is 2.07. The Balaban J connectivity index is 1.88. The molecule has 0 unspecified atom stereocenters. The Kier molecular flexibility index (Phi) is 3.18. The minimum absolute atomic E-state index is 0.364. The highest BCUT2D eigenvalue weighted by Crippen LogP contribution is 2.29. The number of hydrogen-bond acceptors (Lipinski definition) is 3. The molecule has 20 heavy (non-hydrogen) atoms. The van der Waals surface area contributed by atoms with Crippen molar-refractivity contribution in [3.63, 3.8) is 0 Å². The van der Waals surface area contributed by atoms with Gasteiger partial charge in [-0.05, 0) is 42.7 Å². The molecule has 0 radical (unpaired) electrons. The van der Waals surface area contributed by atoms with Crippen LogP contribution in [0.1, 0.15) is 28.0 Å². The molecule has 3 rings (SSSR count). The predicted molar refractivity (Wildman–Crippen MR) is 76.0 cm³/mol. The molecule has 1 aliphatic heterocycles. The number of aromatic nitrogens is 2. The van der Waals surface area contributed by atoms with Crippen LogP contribution in [0.2, 0.25) is 0 Å². The van der Waals surface area contributed by atoms with Crippen molar-refractivity contribution in [1.82, 2.24) is 9.78 Å². The van der Waals surface area contributed by atoms with Crippen molar-refractivity contribution in [3.8, 4) is 0 Å². The van der Waals surface area contributed by atoms with Crippen LogP contribution in [0.25, 0.3) is 0 Å². The summed E-state index contributed by atoms with van der Waals surface area (Å²) >= 11 is 0. The normalized spacial score (nSPS) is 14.2. The summed E-state index contributed by atoms with van der Waals surface area (Å²) in [6.07, 6.45) is 3.92. The fourth-order valence-corrected chi connectivity index (χ4v) is 2.72. The molecule has 0 amide bonds. The molecular weight excluding hydrogens is 254 g/mol. The largest absolute Gasteiger partial charge is 0.478 e. The van der Waals surface area contributed by atoms with Crippen LogP contribution in [-0.4, -0.2) is 27.4 Å². The third-order valence-electron chi connectivity index (χ3n) is 3.66. The lowest BCUT2D eigenvalue weighted by Gasteiger charge is -2.31. The van der Waals surface area contributed by atoms with Crippen LogP contribution in [0.15, 0.2) is 30.5 Å². The fraction of sp³-hybridized carbons (Fsp3) is 0.333. The van der Waals surface area contributed by atoms with E-state index in [1.54, 1.807) is 16.8 Å². The summed E-state index contributed by atoms with van der Waals surface area (Å²) in [5.41, 5.74) is 3.64. The van der Waals surface area contributed by atoms with E-state index >= 15 is 0 Å². The van der Waals surface area contributed by atoms with Crippen LogP contribution < -0.4 is 4.90 Å². The van der Waals surface area contributed by atoms with Gasteiger partial charge in [0.2, 0.25) is 0 Å². The minimum atomic E-state index is -0.866. The molecule has 5 nitrogen and oxygen atoms in total. The molecule has 1 aromatic heterocycles. The maximum atomic E-state index is 11.0. The maximum Gasteiger partial charge on any atom is 0.335 e. The van der Waals surface area contributed by atoms with Gasteiger partial charge >= 0.3 is 5.97 Å². The number of nitrogens with zero attached hydrogens (tertiary/aromatic N) is 3. The van der Waals surface area contributed by atoms with Gasteiger partial charge in [0, 0.05) is 25.5 Å². The van der Waals surface area contributed by atoms with Crippen molar-refractivity contribution >= 4 is 11.7 Å². The number of hydrogen-bond donors (Lipinski definition) is 1. The molecule has 0 saturated heterocycles. The third-order valence-corrected chi connectivity index (χ3v) is 3.66. The van der Waals surface area contributed by atoms with Crippen LogP contribution in [0.4, 0.5) is 5.69 Å².